The lowest BCUT2D eigenvalue weighted by Gasteiger charge is -2.15. The Balaban J connectivity index is 1.63. The Kier molecular flexibility index (Phi) is 8.80. The van der Waals surface area contributed by atoms with Crippen LogP contribution in [-0.2, 0) is 11.3 Å². The molecule has 1 aromatic heterocycles. The molecule has 0 unspecified atom stereocenters. The van der Waals surface area contributed by atoms with Crippen molar-refractivity contribution in [2.45, 2.75) is 31.6 Å². The SMILES string of the molecule is C=CCn1c(SCC(=O)Nc2ccc(OCC)cc2)nnc1[C@H](C)NC(=O)c1ccccc1F. The standard InChI is InChI=1S/C24H26FN5O3S/c1-4-14-30-22(16(3)26-23(32)19-8-6-7-9-20(19)25)28-29-24(30)34-15-21(31)27-17-10-12-18(13-11-17)33-5-2/h4,6-13,16H,1,5,14-15H2,2-3H3,(H,26,32)(H,27,31)/t16-/m0/s1. The fourth-order valence-corrected chi connectivity index (χ4v) is 3.90. The molecule has 0 aliphatic rings. The number of rotatable bonds is 11. The van der Waals surface area contributed by atoms with Crippen molar-refractivity contribution in [1.29, 1.82) is 0 Å². The highest BCUT2D eigenvalue weighted by Crippen LogP contribution is 2.22. The van der Waals surface area contributed by atoms with Gasteiger partial charge in [0, 0.05) is 12.2 Å². The highest BCUT2D eigenvalue weighted by molar-refractivity contribution is 7.99. The number of hydrogen-bond donors (Lipinski definition) is 2. The van der Waals surface area contributed by atoms with E-state index in [2.05, 4.69) is 27.4 Å². The summed E-state index contributed by atoms with van der Waals surface area (Å²) in [5, 5.41) is 14.4. The number of carbonyl (C=O) groups excluding carboxylic acids is 2. The van der Waals surface area contributed by atoms with Crippen LogP contribution in [0.3, 0.4) is 0 Å². The molecule has 0 aliphatic heterocycles. The van der Waals surface area contributed by atoms with Gasteiger partial charge in [-0.3, -0.25) is 9.59 Å². The van der Waals surface area contributed by atoms with Gasteiger partial charge < -0.3 is 19.9 Å². The first-order chi connectivity index (χ1) is 16.4. The van der Waals surface area contributed by atoms with E-state index in [1.165, 1.54) is 30.0 Å². The van der Waals surface area contributed by atoms with Crippen LogP contribution in [0.4, 0.5) is 10.1 Å². The molecule has 3 aromatic rings. The Morgan fingerprint density at radius 1 is 1.21 bits per heavy atom. The van der Waals surface area contributed by atoms with Gasteiger partial charge in [0.15, 0.2) is 11.0 Å². The highest BCUT2D eigenvalue weighted by atomic mass is 32.2. The maximum absolute atomic E-state index is 13.9. The van der Waals surface area contributed by atoms with E-state index in [0.717, 1.165) is 5.75 Å². The molecule has 3 rings (SSSR count). The molecule has 0 saturated heterocycles. The van der Waals surface area contributed by atoms with Gasteiger partial charge in [-0.15, -0.1) is 16.8 Å². The van der Waals surface area contributed by atoms with E-state index in [9.17, 15) is 14.0 Å². The Morgan fingerprint density at radius 3 is 2.62 bits per heavy atom. The molecular formula is C24H26FN5O3S. The minimum absolute atomic E-state index is 0.0512. The largest absolute Gasteiger partial charge is 0.494 e. The Bertz CT molecular complexity index is 1150. The molecule has 10 heteroatoms. The van der Waals surface area contributed by atoms with Gasteiger partial charge in [0.2, 0.25) is 5.91 Å². The second kappa shape index (κ2) is 12.0. The molecule has 0 saturated carbocycles. The van der Waals surface area contributed by atoms with Gasteiger partial charge in [-0.05, 0) is 50.2 Å². The van der Waals surface area contributed by atoms with Crippen molar-refractivity contribution in [3.63, 3.8) is 0 Å². The minimum atomic E-state index is -0.602. The molecule has 1 heterocycles. The molecule has 2 amide bonds. The summed E-state index contributed by atoms with van der Waals surface area (Å²) >= 11 is 1.21. The molecule has 2 N–H and O–H groups in total. The van der Waals surface area contributed by atoms with Crippen LogP contribution in [0.1, 0.15) is 36.1 Å². The van der Waals surface area contributed by atoms with E-state index in [1.807, 2.05) is 6.92 Å². The summed E-state index contributed by atoms with van der Waals surface area (Å²) in [5.74, 6) is -0.0458. The van der Waals surface area contributed by atoms with Crippen LogP contribution in [0.2, 0.25) is 0 Å². The highest BCUT2D eigenvalue weighted by Gasteiger charge is 2.21. The molecule has 0 aliphatic carbocycles. The number of halogens is 1. The third-order valence-corrected chi connectivity index (χ3v) is 5.66. The van der Waals surface area contributed by atoms with Crippen LogP contribution in [0, 0.1) is 5.82 Å². The topological polar surface area (TPSA) is 98.1 Å². The van der Waals surface area contributed by atoms with E-state index in [-0.39, 0.29) is 17.2 Å². The number of aromatic nitrogens is 3. The number of carbonyl (C=O) groups is 2. The summed E-state index contributed by atoms with van der Waals surface area (Å²) in [4.78, 5) is 24.9. The van der Waals surface area contributed by atoms with Crippen molar-refractivity contribution >= 4 is 29.3 Å². The smallest absolute Gasteiger partial charge is 0.254 e. The van der Waals surface area contributed by atoms with E-state index >= 15 is 0 Å². The zero-order valence-corrected chi connectivity index (χ0v) is 19.8. The number of hydrogen-bond acceptors (Lipinski definition) is 6. The van der Waals surface area contributed by atoms with Crippen molar-refractivity contribution in [2.75, 3.05) is 17.7 Å². The quantitative estimate of drug-likeness (QED) is 0.313. The summed E-state index contributed by atoms with van der Waals surface area (Å²) < 4.78 is 21.1. The maximum atomic E-state index is 13.9. The summed E-state index contributed by atoms with van der Waals surface area (Å²) in [6.45, 7) is 8.34. The number of allylic oxidation sites excluding steroid dienone is 1. The van der Waals surface area contributed by atoms with Gasteiger partial charge in [0.25, 0.3) is 5.91 Å². The first-order valence-electron chi connectivity index (χ1n) is 10.7. The molecule has 0 fully saturated rings. The van der Waals surface area contributed by atoms with Crippen LogP contribution in [0.5, 0.6) is 5.75 Å². The summed E-state index contributed by atoms with van der Waals surface area (Å²) in [6.07, 6.45) is 1.67. The zero-order chi connectivity index (χ0) is 24.5. The minimum Gasteiger partial charge on any atom is -0.494 e. The molecule has 2 aromatic carbocycles. The van der Waals surface area contributed by atoms with Crippen LogP contribution in [0.25, 0.3) is 0 Å². The van der Waals surface area contributed by atoms with Gasteiger partial charge in [-0.2, -0.15) is 0 Å². The lowest BCUT2D eigenvalue weighted by Crippen LogP contribution is -2.29. The average Bonchev–Trinajstić information content (AvgIpc) is 3.22. The van der Waals surface area contributed by atoms with Crippen molar-refractivity contribution in [3.05, 3.63) is 78.4 Å². The fourth-order valence-electron chi connectivity index (χ4n) is 3.14. The van der Waals surface area contributed by atoms with Crippen molar-refractivity contribution in [3.8, 4) is 5.75 Å². The summed E-state index contributed by atoms with van der Waals surface area (Å²) in [7, 11) is 0. The number of ether oxygens (including phenoxy) is 1. The van der Waals surface area contributed by atoms with Crippen molar-refractivity contribution in [2.24, 2.45) is 0 Å². The molecule has 178 valence electrons. The van der Waals surface area contributed by atoms with Crippen molar-refractivity contribution in [1.82, 2.24) is 20.1 Å². The van der Waals surface area contributed by atoms with Gasteiger partial charge in [0.05, 0.1) is 24.0 Å². The monoisotopic (exact) mass is 483 g/mol. The molecule has 0 radical (unpaired) electrons. The Hall–Kier alpha value is -3.66. The fraction of sp³-hybridized carbons (Fsp3) is 0.250. The van der Waals surface area contributed by atoms with Crippen molar-refractivity contribution < 1.29 is 18.7 Å². The first-order valence-corrected chi connectivity index (χ1v) is 11.7. The zero-order valence-electron chi connectivity index (χ0n) is 19.0. The first kappa shape index (κ1) is 25.0. The second-order valence-electron chi connectivity index (χ2n) is 7.21. The lowest BCUT2D eigenvalue weighted by atomic mass is 10.2. The molecule has 1 atom stereocenters. The van der Waals surface area contributed by atoms with Crippen LogP contribution < -0.4 is 15.4 Å². The van der Waals surface area contributed by atoms with Gasteiger partial charge in [-0.1, -0.05) is 30.0 Å². The molecular weight excluding hydrogens is 457 g/mol. The molecule has 34 heavy (non-hydrogen) atoms. The van der Waals surface area contributed by atoms with Gasteiger partial charge >= 0.3 is 0 Å². The predicted molar refractivity (Wildman–Crippen MR) is 129 cm³/mol. The summed E-state index contributed by atoms with van der Waals surface area (Å²) in [6, 6.07) is 12.3. The Labute approximate surface area is 201 Å². The predicted octanol–water partition coefficient (Wildman–Crippen LogP) is 4.22. The number of thioether (sulfide) groups is 1. The normalized spacial score (nSPS) is 11.5. The molecule has 8 nitrogen and oxygen atoms in total. The number of benzene rings is 2. The van der Waals surface area contributed by atoms with Gasteiger partial charge in [0.1, 0.15) is 11.6 Å². The number of nitrogens with zero attached hydrogens (tertiary/aromatic N) is 3. The van der Waals surface area contributed by atoms with Crippen LogP contribution >= 0.6 is 11.8 Å². The van der Waals surface area contributed by atoms with Gasteiger partial charge in [-0.25, -0.2) is 4.39 Å². The number of amides is 2. The average molecular weight is 484 g/mol. The maximum Gasteiger partial charge on any atom is 0.254 e. The molecule has 0 bridgehead atoms. The second-order valence-corrected chi connectivity index (χ2v) is 8.15. The van der Waals surface area contributed by atoms with E-state index in [4.69, 9.17) is 4.74 Å². The van der Waals surface area contributed by atoms with Crippen LogP contribution in [0.15, 0.2) is 66.3 Å². The summed E-state index contributed by atoms with van der Waals surface area (Å²) in [5.41, 5.74) is 0.608. The Morgan fingerprint density at radius 2 is 1.94 bits per heavy atom. The van der Waals surface area contributed by atoms with E-state index in [0.29, 0.717) is 29.8 Å². The lowest BCUT2D eigenvalue weighted by molar-refractivity contribution is -0.113. The number of nitrogens with one attached hydrogen (secondary N) is 2. The third-order valence-electron chi connectivity index (χ3n) is 4.69. The van der Waals surface area contributed by atoms with Crippen LogP contribution in [-0.4, -0.2) is 38.9 Å². The molecule has 0 spiro atoms. The number of anilines is 1. The van der Waals surface area contributed by atoms with E-state index < -0.39 is 17.8 Å². The third kappa shape index (κ3) is 6.44. The van der Waals surface area contributed by atoms with E-state index in [1.54, 1.807) is 47.9 Å².